The summed E-state index contributed by atoms with van der Waals surface area (Å²) in [5.41, 5.74) is 6.54. The number of amides is 1. The van der Waals surface area contributed by atoms with Crippen LogP contribution in [-0.4, -0.2) is 75.6 Å². The molecule has 4 aliphatic rings. The third kappa shape index (κ3) is 3.86. The number of aliphatic hydroxyl groups excluding tert-OH is 2. The summed E-state index contributed by atoms with van der Waals surface area (Å²) in [7, 11) is 3.48. The highest BCUT2D eigenvalue weighted by Gasteiger charge is 2.60. The van der Waals surface area contributed by atoms with Gasteiger partial charge >= 0.3 is 0 Å². The molecular formula is C28H37N3O5. The van der Waals surface area contributed by atoms with Gasteiger partial charge in [-0.3, -0.25) is 19.4 Å². The molecule has 0 bridgehead atoms. The van der Waals surface area contributed by atoms with Gasteiger partial charge in [0.1, 0.15) is 17.1 Å². The standard InChI is InChI=1S/C28H37N3O5/c1-15-7-9-31(10-8-15)14-16-5-4-6-18-19(16)11-17-12-21-23(30(2)3)25(33)20(27(29)35)13-28(21,36)26(34)22(17)24(18)32/h4-6,15,17,21,23,32-33,36H,7-14H2,1-3H3,(H2,29,35)/t17-,21-,23+,28-/m0/s1. The van der Waals surface area contributed by atoms with E-state index in [4.69, 9.17) is 5.73 Å². The van der Waals surface area contributed by atoms with Crippen molar-refractivity contribution >= 4 is 17.4 Å². The molecule has 194 valence electrons. The molecule has 1 aromatic rings. The Morgan fingerprint density at radius 1 is 1.22 bits per heavy atom. The highest BCUT2D eigenvalue weighted by atomic mass is 16.3. The molecule has 1 saturated heterocycles. The van der Waals surface area contributed by atoms with E-state index in [0.29, 0.717) is 18.4 Å². The van der Waals surface area contributed by atoms with E-state index in [2.05, 4.69) is 17.9 Å². The van der Waals surface area contributed by atoms with Crippen molar-refractivity contribution in [2.24, 2.45) is 23.5 Å². The molecule has 8 nitrogen and oxygen atoms in total. The van der Waals surface area contributed by atoms with E-state index in [-0.39, 0.29) is 35.0 Å². The monoisotopic (exact) mass is 495 g/mol. The normalized spacial score (nSPS) is 31.4. The second-order valence-corrected chi connectivity index (χ2v) is 11.5. The zero-order valence-electron chi connectivity index (χ0n) is 21.3. The molecule has 1 saturated carbocycles. The Kier molecular flexibility index (Phi) is 6.25. The molecule has 0 spiro atoms. The summed E-state index contributed by atoms with van der Waals surface area (Å²) < 4.78 is 0. The van der Waals surface area contributed by atoms with E-state index in [1.807, 2.05) is 12.1 Å². The number of nitrogens with two attached hydrogens (primary N) is 1. The number of likely N-dealkylation sites (tertiary alicyclic amines) is 1. The van der Waals surface area contributed by atoms with Crippen molar-refractivity contribution in [2.45, 2.75) is 57.2 Å². The molecular weight excluding hydrogens is 458 g/mol. The lowest BCUT2D eigenvalue weighted by Gasteiger charge is -2.51. The minimum atomic E-state index is -1.93. The average Bonchev–Trinajstić information content (AvgIpc) is 2.82. The number of fused-ring (bicyclic) bond motifs is 3. The lowest BCUT2D eigenvalue weighted by Crippen LogP contribution is -2.62. The van der Waals surface area contributed by atoms with E-state index in [1.165, 1.54) is 12.8 Å². The minimum absolute atomic E-state index is 0.0759. The minimum Gasteiger partial charge on any atom is -0.510 e. The number of carbonyl (C=O) groups excluding carboxylic acids is 2. The van der Waals surface area contributed by atoms with Crippen LogP contribution in [0.15, 0.2) is 35.1 Å². The molecule has 5 rings (SSSR count). The molecule has 0 radical (unpaired) electrons. The van der Waals surface area contributed by atoms with Crippen molar-refractivity contribution in [1.29, 1.82) is 0 Å². The Bertz CT molecular complexity index is 1160. The number of ketones is 1. The van der Waals surface area contributed by atoms with E-state index in [9.17, 15) is 24.9 Å². The first-order valence-electron chi connectivity index (χ1n) is 12.9. The predicted molar refractivity (Wildman–Crippen MR) is 136 cm³/mol. The van der Waals surface area contributed by atoms with Crippen molar-refractivity contribution in [1.82, 2.24) is 9.80 Å². The largest absolute Gasteiger partial charge is 0.510 e. The third-order valence-corrected chi connectivity index (χ3v) is 8.97. The van der Waals surface area contributed by atoms with Gasteiger partial charge in [-0.05, 0) is 75.8 Å². The third-order valence-electron chi connectivity index (χ3n) is 8.97. The fourth-order valence-corrected chi connectivity index (χ4v) is 6.94. The number of nitrogens with zero attached hydrogens (tertiary/aromatic N) is 2. The quantitative estimate of drug-likeness (QED) is 0.505. The molecule has 5 N–H and O–H groups in total. The highest BCUT2D eigenvalue weighted by molar-refractivity contribution is 6.10. The Morgan fingerprint density at radius 2 is 1.92 bits per heavy atom. The Hall–Kier alpha value is -2.68. The second-order valence-electron chi connectivity index (χ2n) is 11.5. The molecule has 1 amide bonds. The van der Waals surface area contributed by atoms with E-state index >= 15 is 0 Å². The molecule has 1 heterocycles. The Balaban J connectivity index is 1.54. The van der Waals surface area contributed by atoms with Gasteiger partial charge in [0.2, 0.25) is 5.91 Å². The number of aliphatic hydroxyl groups is 3. The van der Waals surface area contributed by atoms with Crippen LogP contribution < -0.4 is 5.73 Å². The maximum Gasteiger partial charge on any atom is 0.248 e. The van der Waals surface area contributed by atoms with Gasteiger partial charge in [0.25, 0.3) is 0 Å². The molecule has 1 aromatic carbocycles. The van der Waals surface area contributed by atoms with Crippen molar-refractivity contribution < 1.29 is 24.9 Å². The zero-order chi connectivity index (χ0) is 25.9. The first kappa shape index (κ1) is 25.0. The van der Waals surface area contributed by atoms with Crippen LogP contribution in [0.1, 0.15) is 49.3 Å². The maximum absolute atomic E-state index is 13.9. The van der Waals surface area contributed by atoms with Gasteiger partial charge < -0.3 is 21.1 Å². The number of carbonyl (C=O) groups is 2. The first-order valence-corrected chi connectivity index (χ1v) is 12.9. The lowest BCUT2D eigenvalue weighted by atomic mass is 9.57. The summed E-state index contributed by atoms with van der Waals surface area (Å²) in [6.07, 6.45) is 2.98. The van der Waals surface area contributed by atoms with Gasteiger partial charge in [0.15, 0.2) is 5.78 Å². The smallest absolute Gasteiger partial charge is 0.248 e. The number of benzene rings is 1. The number of likely N-dealkylation sites (N-methyl/N-ethyl adjacent to an activating group) is 1. The summed E-state index contributed by atoms with van der Waals surface area (Å²) in [5, 5.41) is 34.0. The summed E-state index contributed by atoms with van der Waals surface area (Å²) in [6.45, 7) is 5.19. The average molecular weight is 496 g/mol. The number of Topliss-reactive ketones (excluding diaryl/α,β-unsaturated/α-hetero) is 1. The van der Waals surface area contributed by atoms with Crippen LogP contribution in [0.5, 0.6) is 0 Å². The van der Waals surface area contributed by atoms with Crippen molar-refractivity contribution in [2.75, 3.05) is 27.2 Å². The molecule has 3 aliphatic carbocycles. The van der Waals surface area contributed by atoms with Crippen LogP contribution in [0.25, 0.3) is 5.76 Å². The van der Waals surface area contributed by atoms with Crippen LogP contribution in [0.2, 0.25) is 0 Å². The molecule has 0 unspecified atom stereocenters. The van der Waals surface area contributed by atoms with Gasteiger partial charge in [-0.1, -0.05) is 25.1 Å². The number of hydrogen-bond acceptors (Lipinski definition) is 7. The Morgan fingerprint density at radius 3 is 2.56 bits per heavy atom. The first-order chi connectivity index (χ1) is 17.0. The second kappa shape index (κ2) is 9.01. The van der Waals surface area contributed by atoms with Gasteiger partial charge in [0.05, 0.1) is 11.6 Å². The van der Waals surface area contributed by atoms with Crippen LogP contribution in [0.3, 0.4) is 0 Å². The summed E-state index contributed by atoms with van der Waals surface area (Å²) in [4.78, 5) is 30.1. The summed E-state index contributed by atoms with van der Waals surface area (Å²) in [6, 6.07) is 5.12. The highest BCUT2D eigenvalue weighted by Crippen LogP contribution is 2.52. The van der Waals surface area contributed by atoms with Crippen LogP contribution >= 0.6 is 0 Å². The maximum atomic E-state index is 13.9. The molecule has 8 heteroatoms. The van der Waals surface area contributed by atoms with Gasteiger partial charge in [-0.15, -0.1) is 0 Å². The van der Waals surface area contributed by atoms with Crippen LogP contribution in [0.4, 0.5) is 0 Å². The summed E-state index contributed by atoms with van der Waals surface area (Å²) in [5.74, 6) is -1.86. The molecule has 2 fully saturated rings. The molecule has 0 aromatic heterocycles. The van der Waals surface area contributed by atoms with Crippen molar-refractivity contribution in [3.05, 3.63) is 51.8 Å². The lowest BCUT2D eigenvalue weighted by molar-refractivity contribution is -0.151. The van der Waals surface area contributed by atoms with Crippen LogP contribution in [0, 0.1) is 17.8 Å². The zero-order valence-corrected chi connectivity index (χ0v) is 21.3. The predicted octanol–water partition coefficient (Wildman–Crippen LogP) is 2.31. The SMILES string of the molecule is CC1CCN(Cc2cccc3c2C[C@H]2C[C@H]4[C@@H](N(C)C)C(O)=C(C(N)=O)C[C@@]4(O)C(=O)C2=C3O)CC1. The van der Waals surface area contributed by atoms with E-state index < -0.39 is 29.3 Å². The Labute approximate surface area is 212 Å². The number of piperidine rings is 1. The molecule has 1 aliphatic heterocycles. The number of rotatable bonds is 4. The van der Waals surface area contributed by atoms with Gasteiger partial charge in [-0.2, -0.15) is 0 Å². The number of hydrogen-bond donors (Lipinski definition) is 4. The topological polar surface area (TPSA) is 127 Å². The van der Waals surface area contributed by atoms with E-state index in [1.54, 1.807) is 19.0 Å². The summed E-state index contributed by atoms with van der Waals surface area (Å²) >= 11 is 0. The van der Waals surface area contributed by atoms with Gasteiger partial charge in [-0.25, -0.2) is 0 Å². The van der Waals surface area contributed by atoms with Crippen molar-refractivity contribution in [3.8, 4) is 0 Å². The van der Waals surface area contributed by atoms with E-state index in [0.717, 1.165) is 36.7 Å². The number of primary amides is 1. The van der Waals surface area contributed by atoms with Crippen LogP contribution in [-0.2, 0) is 22.6 Å². The van der Waals surface area contributed by atoms with Gasteiger partial charge in [0, 0.05) is 30.0 Å². The fraction of sp³-hybridized carbons (Fsp3) is 0.571. The fourth-order valence-electron chi connectivity index (χ4n) is 6.94. The molecule has 36 heavy (non-hydrogen) atoms. The van der Waals surface area contributed by atoms with Crippen molar-refractivity contribution in [3.63, 3.8) is 0 Å². The molecule has 4 atom stereocenters.